The van der Waals surface area contributed by atoms with Crippen LogP contribution in [-0.4, -0.2) is 6.54 Å². The van der Waals surface area contributed by atoms with Crippen LogP contribution in [-0.2, 0) is 0 Å². The van der Waals surface area contributed by atoms with E-state index in [2.05, 4.69) is 0 Å². The van der Waals surface area contributed by atoms with Gasteiger partial charge in [0.1, 0.15) is 0 Å². The van der Waals surface area contributed by atoms with Crippen LogP contribution in [0.4, 0.5) is 0 Å². The third-order valence-corrected chi connectivity index (χ3v) is 0.815. The van der Waals surface area contributed by atoms with E-state index in [0.717, 1.165) is 0 Å². The summed E-state index contributed by atoms with van der Waals surface area (Å²) in [5.74, 6) is 0. The Morgan fingerprint density at radius 1 is 1.71 bits per heavy atom. The summed E-state index contributed by atoms with van der Waals surface area (Å²) >= 11 is 0. The summed E-state index contributed by atoms with van der Waals surface area (Å²) in [7, 11) is 0. The summed E-state index contributed by atoms with van der Waals surface area (Å²) in [5, 5.41) is 0. The summed E-state index contributed by atoms with van der Waals surface area (Å²) < 4.78 is 0. The zero-order valence-corrected chi connectivity index (χ0v) is 5.59. The lowest BCUT2D eigenvalue weighted by atomic mass is 10.3. The third kappa shape index (κ3) is 5.99. The first kappa shape index (κ1) is 10.1. The minimum Gasteiger partial charge on any atom is -0.327 e. The summed E-state index contributed by atoms with van der Waals surface area (Å²) in [6.07, 6.45) is 2.01. The maximum atomic E-state index is 5.21. The molecule has 7 heavy (non-hydrogen) atoms. The molecular weight excluding hydrogens is 110 g/mol. The molecule has 0 fully saturated rings. The van der Waals surface area contributed by atoms with Crippen molar-refractivity contribution in [2.45, 2.75) is 13.8 Å². The second kappa shape index (κ2) is 5.99. The molecule has 0 atom stereocenters. The molecule has 0 amide bonds. The minimum absolute atomic E-state index is 0. The quantitative estimate of drug-likeness (QED) is 0.521. The fourth-order valence-corrected chi connectivity index (χ4v) is 0.118. The molecule has 0 aliphatic rings. The smallest absolute Gasteiger partial charge is 0.0133 e. The Morgan fingerprint density at radius 2 is 2.14 bits per heavy atom. The van der Waals surface area contributed by atoms with Crippen molar-refractivity contribution < 1.29 is 0 Å². The number of allylic oxidation sites excluding steroid dienone is 1. The highest BCUT2D eigenvalue weighted by Gasteiger charge is 1.73. The van der Waals surface area contributed by atoms with Gasteiger partial charge in [0.25, 0.3) is 0 Å². The van der Waals surface area contributed by atoms with Crippen LogP contribution < -0.4 is 5.73 Å². The molecule has 0 aliphatic carbocycles. The number of rotatable bonds is 1. The first-order valence-electron chi connectivity index (χ1n) is 2.13. The Kier molecular flexibility index (Phi) is 8.62. The molecule has 0 aromatic carbocycles. The molecule has 0 radical (unpaired) electrons. The standard InChI is InChI=1S/C5H11N.ClH/c1-3-5(2)4-6;/h3H,4,6H2,1-2H3;1H/b5-3+;. The first-order chi connectivity index (χ1) is 2.81. The lowest BCUT2D eigenvalue weighted by Gasteiger charge is -1.85. The maximum absolute atomic E-state index is 5.21. The van der Waals surface area contributed by atoms with E-state index < -0.39 is 0 Å². The highest BCUT2D eigenvalue weighted by atomic mass is 35.5. The Hall–Kier alpha value is -0.0100. The van der Waals surface area contributed by atoms with E-state index >= 15 is 0 Å². The summed E-state index contributed by atoms with van der Waals surface area (Å²) in [6.45, 7) is 4.69. The van der Waals surface area contributed by atoms with Crippen molar-refractivity contribution in [2.75, 3.05) is 6.54 Å². The molecular formula is C5H12ClN. The van der Waals surface area contributed by atoms with Crippen LogP contribution in [0.2, 0.25) is 0 Å². The summed E-state index contributed by atoms with van der Waals surface area (Å²) in [4.78, 5) is 0. The largest absolute Gasteiger partial charge is 0.327 e. The van der Waals surface area contributed by atoms with Gasteiger partial charge in [-0.2, -0.15) is 0 Å². The second-order valence-corrected chi connectivity index (χ2v) is 1.34. The van der Waals surface area contributed by atoms with E-state index in [1.807, 2.05) is 19.9 Å². The highest BCUT2D eigenvalue weighted by molar-refractivity contribution is 5.85. The van der Waals surface area contributed by atoms with Gasteiger partial charge in [-0.25, -0.2) is 0 Å². The molecule has 0 saturated carbocycles. The van der Waals surface area contributed by atoms with Crippen molar-refractivity contribution in [1.29, 1.82) is 0 Å². The van der Waals surface area contributed by atoms with Gasteiger partial charge in [0.05, 0.1) is 0 Å². The molecule has 0 spiro atoms. The van der Waals surface area contributed by atoms with Crippen molar-refractivity contribution in [3.8, 4) is 0 Å². The second-order valence-electron chi connectivity index (χ2n) is 1.34. The average Bonchev–Trinajstić information content (AvgIpc) is 1.65. The van der Waals surface area contributed by atoms with Crippen LogP contribution in [0.1, 0.15) is 13.8 Å². The van der Waals surface area contributed by atoms with Gasteiger partial charge in [0.2, 0.25) is 0 Å². The molecule has 0 rings (SSSR count). The molecule has 0 aromatic rings. The van der Waals surface area contributed by atoms with E-state index in [9.17, 15) is 0 Å². The zero-order chi connectivity index (χ0) is 4.99. The van der Waals surface area contributed by atoms with Gasteiger partial charge in [-0.15, -0.1) is 12.4 Å². The predicted octanol–water partition coefficient (Wildman–Crippen LogP) is 1.33. The van der Waals surface area contributed by atoms with Gasteiger partial charge in [-0.1, -0.05) is 11.6 Å². The molecule has 2 N–H and O–H groups in total. The molecule has 1 nitrogen and oxygen atoms in total. The lowest BCUT2D eigenvalue weighted by Crippen LogP contribution is -1.98. The number of halogens is 1. The topological polar surface area (TPSA) is 26.0 Å². The Morgan fingerprint density at radius 3 is 2.14 bits per heavy atom. The minimum atomic E-state index is 0. The molecule has 0 unspecified atom stereocenters. The Balaban J connectivity index is 0. The van der Waals surface area contributed by atoms with Gasteiger partial charge in [0.15, 0.2) is 0 Å². The molecule has 0 saturated heterocycles. The van der Waals surface area contributed by atoms with Gasteiger partial charge in [-0.3, -0.25) is 0 Å². The van der Waals surface area contributed by atoms with Crippen LogP contribution in [0.15, 0.2) is 11.6 Å². The molecule has 44 valence electrons. The molecule has 0 bridgehead atoms. The number of nitrogens with two attached hydrogens (primary N) is 1. The maximum Gasteiger partial charge on any atom is 0.0133 e. The van der Waals surface area contributed by atoms with Crippen LogP contribution in [0.5, 0.6) is 0 Å². The first-order valence-corrected chi connectivity index (χ1v) is 2.13. The van der Waals surface area contributed by atoms with E-state index in [1.54, 1.807) is 0 Å². The predicted molar refractivity (Wildman–Crippen MR) is 35.7 cm³/mol. The normalized spacial score (nSPS) is 10.4. The fraction of sp³-hybridized carbons (Fsp3) is 0.600. The summed E-state index contributed by atoms with van der Waals surface area (Å²) in [6, 6.07) is 0. The lowest BCUT2D eigenvalue weighted by molar-refractivity contribution is 1.13. The molecule has 0 heterocycles. The Bertz CT molecular complexity index is 59.1. The monoisotopic (exact) mass is 121 g/mol. The molecule has 0 aliphatic heterocycles. The highest BCUT2D eigenvalue weighted by Crippen LogP contribution is 1.82. The zero-order valence-electron chi connectivity index (χ0n) is 4.77. The number of hydrogen-bond donors (Lipinski definition) is 1. The number of hydrogen-bond acceptors (Lipinski definition) is 1. The molecule has 2 heteroatoms. The van der Waals surface area contributed by atoms with Crippen molar-refractivity contribution in [3.05, 3.63) is 11.6 Å². The van der Waals surface area contributed by atoms with Gasteiger partial charge < -0.3 is 5.73 Å². The van der Waals surface area contributed by atoms with Crippen LogP contribution in [0.3, 0.4) is 0 Å². The van der Waals surface area contributed by atoms with Crippen molar-refractivity contribution in [3.63, 3.8) is 0 Å². The van der Waals surface area contributed by atoms with Gasteiger partial charge in [0, 0.05) is 6.54 Å². The van der Waals surface area contributed by atoms with Crippen LogP contribution in [0.25, 0.3) is 0 Å². The van der Waals surface area contributed by atoms with Gasteiger partial charge >= 0.3 is 0 Å². The van der Waals surface area contributed by atoms with Gasteiger partial charge in [-0.05, 0) is 13.8 Å². The van der Waals surface area contributed by atoms with E-state index in [0.29, 0.717) is 6.54 Å². The fourth-order valence-electron chi connectivity index (χ4n) is 0.118. The third-order valence-electron chi connectivity index (χ3n) is 0.815. The van der Waals surface area contributed by atoms with Crippen molar-refractivity contribution in [2.24, 2.45) is 5.73 Å². The average molecular weight is 122 g/mol. The Labute approximate surface area is 51.0 Å². The summed E-state index contributed by atoms with van der Waals surface area (Å²) in [5.41, 5.74) is 6.46. The van der Waals surface area contributed by atoms with Crippen LogP contribution >= 0.6 is 12.4 Å². The van der Waals surface area contributed by atoms with E-state index in [-0.39, 0.29) is 12.4 Å². The SMILES string of the molecule is C/C=C(\C)CN.Cl. The van der Waals surface area contributed by atoms with E-state index in [4.69, 9.17) is 5.73 Å². The van der Waals surface area contributed by atoms with Crippen molar-refractivity contribution in [1.82, 2.24) is 0 Å². The van der Waals surface area contributed by atoms with Crippen LogP contribution in [0, 0.1) is 0 Å². The van der Waals surface area contributed by atoms with Crippen molar-refractivity contribution >= 4 is 12.4 Å². The van der Waals surface area contributed by atoms with E-state index in [1.165, 1.54) is 5.57 Å². The molecule has 0 aromatic heterocycles.